The number of aromatic nitrogens is 2. The third kappa shape index (κ3) is 5.34. The topological polar surface area (TPSA) is 82.0 Å². The average Bonchev–Trinajstić information content (AvgIpc) is 2.96. The minimum atomic E-state index is -0.761. The largest absolute Gasteiger partial charge is 0.350 e. The lowest BCUT2D eigenvalue weighted by Gasteiger charge is -2.41. The first-order valence-electron chi connectivity index (χ1n) is 13.0. The molecule has 8 nitrogen and oxygen atoms in total. The van der Waals surface area contributed by atoms with Crippen LogP contribution in [0.5, 0.6) is 0 Å². The van der Waals surface area contributed by atoms with Crippen LogP contribution in [0.4, 0.5) is 20.3 Å². The molecule has 1 fully saturated rings. The number of benzene rings is 1. The van der Waals surface area contributed by atoms with Crippen LogP contribution in [0.3, 0.4) is 0 Å². The number of carbonyl (C=O) groups excluding carboxylic acids is 2. The van der Waals surface area contributed by atoms with Gasteiger partial charge in [-0.05, 0) is 56.2 Å². The number of nitrogens with zero attached hydrogens (tertiary/aromatic N) is 6. The normalized spacial score (nSPS) is 15.7. The van der Waals surface area contributed by atoms with Crippen molar-refractivity contribution in [2.75, 3.05) is 31.6 Å². The molecule has 1 aliphatic rings. The van der Waals surface area contributed by atoms with E-state index in [1.807, 2.05) is 25.7 Å². The molecule has 1 aromatic carbocycles. The molecule has 4 rings (SSSR count). The van der Waals surface area contributed by atoms with Gasteiger partial charge in [0, 0.05) is 44.5 Å². The van der Waals surface area contributed by atoms with Gasteiger partial charge < -0.3 is 9.80 Å². The first kappa shape index (κ1) is 28.5. The number of aryl methyl sites for hydroxylation is 2. The van der Waals surface area contributed by atoms with Gasteiger partial charge >= 0.3 is 0 Å². The fourth-order valence-electron chi connectivity index (χ4n) is 5.08. The summed E-state index contributed by atoms with van der Waals surface area (Å²) in [5.41, 5.74) is 1.93. The van der Waals surface area contributed by atoms with Crippen molar-refractivity contribution in [2.24, 2.45) is 4.99 Å². The number of hydrogen-bond acceptors (Lipinski definition) is 5. The number of aliphatic imine (C=N–C) groups is 1. The number of amidine groups is 1. The SMILES string of the molecule is C=CC(=O)N1CCN(/C(=N/C)c2cc(F)c(-c3ccccc3F)nc2N(C=O)c2c(C)ccnc2CC)C(C)C1. The van der Waals surface area contributed by atoms with Crippen LogP contribution in [0.2, 0.25) is 0 Å². The number of piperazine rings is 1. The highest BCUT2D eigenvalue weighted by Crippen LogP contribution is 2.36. The molecule has 3 heterocycles. The van der Waals surface area contributed by atoms with Gasteiger partial charge in [-0.2, -0.15) is 0 Å². The highest BCUT2D eigenvalue weighted by molar-refractivity contribution is 6.06. The van der Waals surface area contributed by atoms with E-state index in [-0.39, 0.29) is 34.6 Å². The minimum absolute atomic E-state index is 0.0304. The van der Waals surface area contributed by atoms with Crippen LogP contribution < -0.4 is 4.90 Å². The fourth-order valence-corrected chi connectivity index (χ4v) is 5.08. The summed E-state index contributed by atoms with van der Waals surface area (Å²) < 4.78 is 30.6. The van der Waals surface area contributed by atoms with Crippen molar-refractivity contribution >= 4 is 29.7 Å². The number of rotatable bonds is 7. The summed E-state index contributed by atoms with van der Waals surface area (Å²) in [5.74, 6) is -1.08. The molecule has 0 radical (unpaired) electrons. The molecule has 1 atom stereocenters. The summed E-state index contributed by atoms with van der Waals surface area (Å²) in [4.78, 5) is 43.5. The van der Waals surface area contributed by atoms with Gasteiger partial charge in [0.25, 0.3) is 0 Å². The summed E-state index contributed by atoms with van der Waals surface area (Å²) in [6.07, 6.45) is 4.08. The lowest BCUT2D eigenvalue weighted by molar-refractivity contribution is -0.128. The van der Waals surface area contributed by atoms with Gasteiger partial charge in [-0.1, -0.05) is 25.6 Å². The van der Waals surface area contributed by atoms with Gasteiger partial charge in [-0.15, -0.1) is 0 Å². The molecule has 0 aliphatic carbocycles. The second kappa shape index (κ2) is 12.1. The van der Waals surface area contributed by atoms with Gasteiger partial charge in [0.15, 0.2) is 5.82 Å². The Morgan fingerprint density at radius 1 is 1.23 bits per heavy atom. The second-order valence-electron chi connectivity index (χ2n) is 9.50. The molecular weight excluding hydrogens is 514 g/mol. The van der Waals surface area contributed by atoms with Crippen LogP contribution in [-0.4, -0.2) is 70.6 Å². The zero-order valence-electron chi connectivity index (χ0n) is 23.1. The van der Waals surface area contributed by atoms with E-state index in [1.165, 1.54) is 35.2 Å². The maximum absolute atomic E-state index is 15.8. The van der Waals surface area contributed by atoms with Crippen molar-refractivity contribution in [2.45, 2.75) is 33.2 Å². The summed E-state index contributed by atoms with van der Waals surface area (Å²) in [5, 5.41) is 0. The molecule has 1 aliphatic heterocycles. The zero-order chi connectivity index (χ0) is 29.0. The third-order valence-corrected chi connectivity index (χ3v) is 7.03. The van der Waals surface area contributed by atoms with Crippen LogP contribution in [0.15, 0.2) is 60.2 Å². The molecule has 0 N–H and O–H groups in total. The van der Waals surface area contributed by atoms with Crippen molar-refractivity contribution in [3.8, 4) is 11.3 Å². The van der Waals surface area contributed by atoms with Crippen molar-refractivity contribution in [1.29, 1.82) is 0 Å². The van der Waals surface area contributed by atoms with Crippen LogP contribution in [0.25, 0.3) is 11.3 Å². The monoisotopic (exact) mass is 546 g/mol. The van der Waals surface area contributed by atoms with E-state index in [2.05, 4.69) is 21.5 Å². The summed E-state index contributed by atoms with van der Waals surface area (Å²) >= 11 is 0. The zero-order valence-corrected chi connectivity index (χ0v) is 23.1. The Hall–Kier alpha value is -4.47. The average molecular weight is 547 g/mol. The molecule has 1 saturated heterocycles. The second-order valence-corrected chi connectivity index (χ2v) is 9.50. The Labute approximate surface area is 232 Å². The maximum Gasteiger partial charge on any atom is 0.246 e. The number of pyridine rings is 2. The molecular formula is C30H32F2N6O2. The van der Waals surface area contributed by atoms with Crippen LogP contribution >= 0.6 is 0 Å². The Morgan fingerprint density at radius 2 is 1.98 bits per heavy atom. The van der Waals surface area contributed by atoms with Crippen molar-refractivity contribution in [3.63, 3.8) is 0 Å². The Kier molecular flexibility index (Phi) is 8.67. The van der Waals surface area contributed by atoms with Crippen molar-refractivity contribution in [3.05, 3.63) is 83.7 Å². The lowest BCUT2D eigenvalue weighted by atomic mass is 10.0. The van der Waals surface area contributed by atoms with Gasteiger partial charge in [0.1, 0.15) is 23.2 Å². The molecule has 1 unspecified atom stereocenters. The van der Waals surface area contributed by atoms with Gasteiger partial charge in [0.05, 0.1) is 16.9 Å². The van der Waals surface area contributed by atoms with E-state index in [0.29, 0.717) is 49.7 Å². The Bertz CT molecular complexity index is 1470. The standard InChI is InChI=1S/C30H32F2N6O2/c1-6-25-28(19(3)12-13-34-25)38(18-39)30-22(16-24(32)27(35-30)21-10-8-9-11-23(21)31)29(33-5)37-15-14-36(17-20(37)4)26(40)7-2/h7-13,16,18,20H,2,6,14-15,17H2,1,3-5H3/b33-29+. The molecule has 0 spiro atoms. The molecule has 208 valence electrons. The quantitative estimate of drug-likeness (QED) is 0.186. The smallest absolute Gasteiger partial charge is 0.246 e. The number of anilines is 2. The Balaban J connectivity index is 1.93. The molecule has 3 aromatic rings. The van der Waals surface area contributed by atoms with E-state index < -0.39 is 11.6 Å². The lowest BCUT2D eigenvalue weighted by Crippen LogP contribution is -2.55. The van der Waals surface area contributed by atoms with E-state index >= 15 is 4.39 Å². The molecule has 0 saturated carbocycles. The molecule has 2 amide bonds. The number of hydrogen-bond donors (Lipinski definition) is 0. The molecule has 10 heteroatoms. The fraction of sp³-hybridized carbons (Fsp3) is 0.300. The summed E-state index contributed by atoms with van der Waals surface area (Å²) in [6, 6.07) is 8.61. The van der Waals surface area contributed by atoms with Crippen LogP contribution in [0, 0.1) is 18.6 Å². The first-order chi connectivity index (χ1) is 19.2. The van der Waals surface area contributed by atoms with Crippen LogP contribution in [-0.2, 0) is 16.0 Å². The predicted molar refractivity (Wildman–Crippen MR) is 152 cm³/mol. The van der Waals surface area contributed by atoms with E-state index in [1.54, 1.807) is 30.3 Å². The highest BCUT2D eigenvalue weighted by Gasteiger charge is 2.32. The summed E-state index contributed by atoms with van der Waals surface area (Å²) in [7, 11) is 1.58. The molecule has 2 aromatic heterocycles. The van der Waals surface area contributed by atoms with Gasteiger partial charge in [0.2, 0.25) is 12.3 Å². The van der Waals surface area contributed by atoms with E-state index in [9.17, 15) is 14.0 Å². The predicted octanol–water partition coefficient (Wildman–Crippen LogP) is 4.68. The van der Waals surface area contributed by atoms with Gasteiger partial charge in [-0.25, -0.2) is 13.8 Å². The maximum atomic E-state index is 15.8. The number of amides is 2. The van der Waals surface area contributed by atoms with E-state index in [0.717, 1.165) is 5.56 Å². The molecule has 0 bridgehead atoms. The van der Waals surface area contributed by atoms with Gasteiger partial charge in [-0.3, -0.25) is 24.5 Å². The van der Waals surface area contributed by atoms with Crippen molar-refractivity contribution < 1.29 is 18.4 Å². The van der Waals surface area contributed by atoms with Crippen LogP contribution in [0.1, 0.15) is 30.7 Å². The highest BCUT2D eigenvalue weighted by atomic mass is 19.1. The first-order valence-corrected chi connectivity index (χ1v) is 13.0. The van der Waals surface area contributed by atoms with Crippen molar-refractivity contribution in [1.82, 2.24) is 19.8 Å². The minimum Gasteiger partial charge on any atom is -0.350 e. The number of carbonyl (C=O) groups is 2. The van der Waals surface area contributed by atoms with E-state index in [4.69, 9.17) is 0 Å². The number of halogens is 2. The summed E-state index contributed by atoms with van der Waals surface area (Å²) in [6.45, 7) is 10.5. The third-order valence-electron chi connectivity index (χ3n) is 7.03. The Morgan fingerprint density at radius 3 is 2.60 bits per heavy atom. The molecule has 40 heavy (non-hydrogen) atoms.